The fraction of sp³-hybridized carbons (Fsp3) is 0.440. The molecule has 0 bridgehead atoms. The van der Waals surface area contributed by atoms with Crippen molar-refractivity contribution < 1.29 is 34.0 Å². The first-order chi connectivity index (χ1) is 15.9. The van der Waals surface area contributed by atoms with Gasteiger partial charge in [0.15, 0.2) is 0 Å². The number of ether oxygens (including phenoxy) is 3. The Bertz CT molecular complexity index is 1030. The van der Waals surface area contributed by atoms with E-state index in [4.69, 9.17) is 30.9 Å². The Morgan fingerprint density at radius 1 is 1.03 bits per heavy atom. The zero-order valence-corrected chi connectivity index (χ0v) is 21.1. The Morgan fingerprint density at radius 2 is 1.65 bits per heavy atom. The van der Waals surface area contributed by atoms with Crippen LogP contribution >= 0.6 is 11.6 Å². The fourth-order valence-corrected chi connectivity index (χ4v) is 3.95. The van der Waals surface area contributed by atoms with Crippen LogP contribution in [-0.2, 0) is 9.59 Å². The molecule has 0 fully saturated rings. The normalized spacial score (nSPS) is 12.1. The molecule has 0 radical (unpaired) electrons. The molecule has 0 heterocycles. The number of rotatable bonds is 10. The van der Waals surface area contributed by atoms with Crippen molar-refractivity contribution in [3.05, 3.63) is 46.5 Å². The van der Waals surface area contributed by atoms with Crippen molar-refractivity contribution >= 4 is 29.2 Å². The minimum atomic E-state index is -1.30. The molecule has 0 aromatic heterocycles. The summed E-state index contributed by atoms with van der Waals surface area (Å²) >= 11 is 6.48. The SMILES string of the molecule is COc1ccccc1C(O)c1c(OC)c(Cl)cc(OC)c1N(CC(C)(C)C)C(=O)CCC(=O)O. The van der Waals surface area contributed by atoms with Gasteiger partial charge in [-0.15, -0.1) is 0 Å². The van der Waals surface area contributed by atoms with Crippen molar-refractivity contribution in [2.75, 3.05) is 32.8 Å². The predicted molar refractivity (Wildman–Crippen MR) is 130 cm³/mol. The summed E-state index contributed by atoms with van der Waals surface area (Å²) in [7, 11) is 4.33. The standard InChI is InChI=1S/C25H32ClNO7/c1-25(2,3)14-27(19(28)11-12-20(29)30)22-18(33-5)13-16(26)24(34-6)21(22)23(31)15-9-7-8-10-17(15)32-4/h7-10,13,23,31H,11-12,14H2,1-6H3,(H,29,30). The molecule has 0 aliphatic rings. The maximum Gasteiger partial charge on any atom is 0.303 e. The number of benzene rings is 2. The molecule has 0 spiro atoms. The van der Waals surface area contributed by atoms with E-state index in [1.807, 2.05) is 20.8 Å². The van der Waals surface area contributed by atoms with Gasteiger partial charge in [-0.3, -0.25) is 9.59 Å². The van der Waals surface area contributed by atoms with E-state index in [-0.39, 0.29) is 52.6 Å². The number of carboxylic acids is 1. The molecule has 2 aromatic rings. The van der Waals surface area contributed by atoms with Gasteiger partial charge in [-0.05, 0) is 11.5 Å². The van der Waals surface area contributed by atoms with Crippen molar-refractivity contribution in [3.63, 3.8) is 0 Å². The first-order valence-electron chi connectivity index (χ1n) is 10.7. The second kappa shape index (κ2) is 11.4. The van der Waals surface area contributed by atoms with E-state index in [0.29, 0.717) is 11.3 Å². The molecule has 1 amide bonds. The van der Waals surface area contributed by atoms with E-state index in [1.165, 1.54) is 32.3 Å². The number of aliphatic hydroxyl groups is 1. The van der Waals surface area contributed by atoms with E-state index in [2.05, 4.69) is 0 Å². The lowest BCUT2D eigenvalue weighted by molar-refractivity contribution is -0.138. The van der Waals surface area contributed by atoms with Gasteiger partial charge in [-0.25, -0.2) is 0 Å². The monoisotopic (exact) mass is 493 g/mol. The lowest BCUT2D eigenvalue weighted by Gasteiger charge is -2.34. The summed E-state index contributed by atoms with van der Waals surface area (Å²) < 4.78 is 16.6. The lowest BCUT2D eigenvalue weighted by Crippen LogP contribution is -2.39. The van der Waals surface area contributed by atoms with Crippen molar-refractivity contribution in [1.29, 1.82) is 0 Å². The summed E-state index contributed by atoms with van der Waals surface area (Å²) in [6, 6.07) is 8.43. The third-order valence-electron chi connectivity index (χ3n) is 5.10. The first-order valence-corrected chi connectivity index (χ1v) is 11.1. The van der Waals surface area contributed by atoms with Crippen LogP contribution in [0.5, 0.6) is 17.2 Å². The molecule has 0 saturated carbocycles. The summed E-state index contributed by atoms with van der Waals surface area (Å²) in [5.74, 6) is -0.683. The summed E-state index contributed by atoms with van der Waals surface area (Å²) in [5, 5.41) is 20.9. The number of carbonyl (C=O) groups excluding carboxylic acids is 1. The number of anilines is 1. The number of carbonyl (C=O) groups is 2. The number of methoxy groups -OCH3 is 3. The molecule has 1 atom stereocenters. The summed E-state index contributed by atoms with van der Waals surface area (Å²) in [6.45, 7) is 6.06. The molecule has 34 heavy (non-hydrogen) atoms. The average molecular weight is 494 g/mol. The van der Waals surface area contributed by atoms with Crippen LogP contribution < -0.4 is 19.1 Å². The summed E-state index contributed by atoms with van der Waals surface area (Å²) in [5.41, 5.74) is 0.531. The summed E-state index contributed by atoms with van der Waals surface area (Å²) in [6.07, 6.45) is -1.87. The number of aliphatic carboxylic acids is 1. The van der Waals surface area contributed by atoms with E-state index in [0.717, 1.165) is 0 Å². The highest BCUT2D eigenvalue weighted by Crippen LogP contribution is 2.49. The van der Waals surface area contributed by atoms with Crippen molar-refractivity contribution in [3.8, 4) is 17.2 Å². The van der Waals surface area contributed by atoms with Gasteiger partial charge in [0.05, 0.1) is 44.0 Å². The number of nitrogens with zero attached hydrogens (tertiary/aromatic N) is 1. The topological polar surface area (TPSA) is 106 Å². The number of para-hydroxylation sites is 1. The third kappa shape index (κ3) is 6.33. The quantitative estimate of drug-likeness (QED) is 0.494. The fourth-order valence-electron chi connectivity index (χ4n) is 3.68. The Balaban J connectivity index is 2.86. The molecule has 8 nitrogen and oxygen atoms in total. The Kier molecular flexibility index (Phi) is 9.18. The molecular weight excluding hydrogens is 462 g/mol. The van der Waals surface area contributed by atoms with Crippen LogP contribution in [-0.4, -0.2) is 50.0 Å². The Morgan fingerprint density at radius 3 is 2.18 bits per heavy atom. The second-order valence-electron chi connectivity index (χ2n) is 8.93. The first kappa shape index (κ1) is 27.3. The van der Waals surface area contributed by atoms with Crippen LogP contribution in [0.1, 0.15) is 50.8 Å². The number of aliphatic hydroxyl groups excluding tert-OH is 1. The largest absolute Gasteiger partial charge is 0.496 e. The molecule has 0 aliphatic carbocycles. The van der Waals surface area contributed by atoms with Gasteiger partial charge in [0.1, 0.15) is 23.4 Å². The third-order valence-corrected chi connectivity index (χ3v) is 5.38. The number of carboxylic acid groups (broad SMARTS) is 1. The van der Waals surface area contributed by atoms with Crippen LogP contribution in [0, 0.1) is 5.41 Å². The highest BCUT2D eigenvalue weighted by atomic mass is 35.5. The van der Waals surface area contributed by atoms with Crippen LogP contribution in [0.4, 0.5) is 5.69 Å². The van der Waals surface area contributed by atoms with Gasteiger partial charge in [-0.2, -0.15) is 0 Å². The minimum Gasteiger partial charge on any atom is -0.496 e. The second-order valence-corrected chi connectivity index (χ2v) is 9.34. The van der Waals surface area contributed by atoms with Crippen LogP contribution in [0.2, 0.25) is 5.02 Å². The summed E-state index contributed by atoms with van der Waals surface area (Å²) in [4.78, 5) is 25.9. The van der Waals surface area contributed by atoms with Gasteiger partial charge >= 0.3 is 5.97 Å². The zero-order valence-electron chi connectivity index (χ0n) is 20.3. The molecule has 2 N–H and O–H groups in total. The lowest BCUT2D eigenvalue weighted by atomic mass is 9.92. The molecule has 0 saturated heterocycles. The zero-order chi connectivity index (χ0) is 25.6. The van der Waals surface area contributed by atoms with Crippen molar-refractivity contribution in [2.45, 2.75) is 39.7 Å². The molecular formula is C25H32ClNO7. The van der Waals surface area contributed by atoms with Gasteiger partial charge in [0.2, 0.25) is 5.91 Å². The van der Waals surface area contributed by atoms with Crippen LogP contribution in [0.25, 0.3) is 0 Å². The van der Waals surface area contributed by atoms with Crippen LogP contribution in [0.3, 0.4) is 0 Å². The van der Waals surface area contributed by atoms with Gasteiger partial charge in [0.25, 0.3) is 0 Å². The highest BCUT2D eigenvalue weighted by molar-refractivity contribution is 6.32. The Labute approximate surface area is 205 Å². The van der Waals surface area contributed by atoms with Gasteiger partial charge in [-0.1, -0.05) is 50.6 Å². The minimum absolute atomic E-state index is 0.167. The molecule has 2 aromatic carbocycles. The number of hydrogen-bond donors (Lipinski definition) is 2. The van der Waals surface area contributed by atoms with Crippen LogP contribution in [0.15, 0.2) is 30.3 Å². The van der Waals surface area contributed by atoms with E-state index in [9.17, 15) is 14.7 Å². The maximum atomic E-state index is 13.3. The van der Waals surface area contributed by atoms with Crippen molar-refractivity contribution in [1.82, 2.24) is 0 Å². The highest BCUT2D eigenvalue weighted by Gasteiger charge is 2.34. The molecule has 2 rings (SSSR count). The number of amides is 1. The van der Waals surface area contributed by atoms with Crippen molar-refractivity contribution in [2.24, 2.45) is 5.41 Å². The maximum absolute atomic E-state index is 13.3. The Hall–Kier alpha value is -2.97. The smallest absolute Gasteiger partial charge is 0.303 e. The van der Waals surface area contributed by atoms with Gasteiger partial charge < -0.3 is 29.3 Å². The van der Waals surface area contributed by atoms with E-state index in [1.54, 1.807) is 24.3 Å². The number of halogens is 1. The average Bonchev–Trinajstić information content (AvgIpc) is 2.79. The number of hydrogen-bond acceptors (Lipinski definition) is 6. The predicted octanol–water partition coefficient (Wildman–Crippen LogP) is 4.69. The van der Waals surface area contributed by atoms with E-state index < -0.39 is 18.0 Å². The molecule has 0 aliphatic heterocycles. The molecule has 1 unspecified atom stereocenters. The molecule has 186 valence electrons. The molecule has 9 heteroatoms. The van der Waals surface area contributed by atoms with E-state index >= 15 is 0 Å². The van der Waals surface area contributed by atoms with Gasteiger partial charge in [0, 0.05) is 24.6 Å².